The Balaban J connectivity index is 1.18. The summed E-state index contributed by atoms with van der Waals surface area (Å²) in [4.78, 5) is 25.4. The zero-order chi connectivity index (χ0) is 19.2. The van der Waals surface area contributed by atoms with Crippen molar-refractivity contribution in [2.45, 2.75) is 37.0 Å². The van der Waals surface area contributed by atoms with E-state index in [2.05, 4.69) is 14.9 Å². The van der Waals surface area contributed by atoms with Gasteiger partial charge in [-0.2, -0.15) is 0 Å². The number of hydrogen-bond acceptors (Lipinski definition) is 6. The molecule has 2 aromatic heterocycles. The first kappa shape index (κ1) is 19.4. The fourth-order valence-electron chi connectivity index (χ4n) is 3.73. The Hall–Kier alpha value is -1.96. The van der Waals surface area contributed by atoms with E-state index in [1.165, 1.54) is 11.8 Å². The van der Waals surface area contributed by atoms with Gasteiger partial charge >= 0.3 is 0 Å². The molecule has 28 heavy (non-hydrogen) atoms. The zero-order valence-corrected chi connectivity index (χ0v) is 16.8. The van der Waals surface area contributed by atoms with Gasteiger partial charge in [0.15, 0.2) is 0 Å². The largest absolute Gasteiger partial charge is 0.372 e. The molecular weight excluding hydrogens is 372 g/mol. The number of likely N-dealkylation sites (tertiary alicyclic amines) is 1. The van der Waals surface area contributed by atoms with Crippen LogP contribution < -0.4 is 4.90 Å². The highest BCUT2D eigenvalue weighted by molar-refractivity contribution is 8.00. The second-order valence-corrected chi connectivity index (χ2v) is 8.15. The number of anilines is 1. The fourth-order valence-corrected chi connectivity index (χ4v) is 4.60. The molecule has 7 heteroatoms. The minimum absolute atomic E-state index is 0.187. The Morgan fingerprint density at radius 3 is 2.75 bits per heavy atom. The number of amides is 1. The van der Waals surface area contributed by atoms with Crippen molar-refractivity contribution in [3.05, 3.63) is 48.4 Å². The van der Waals surface area contributed by atoms with E-state index in [1.807, 2.05) is 41.4 Å². The molecule has 0 spiro atoms. The molecule has 0 bridgehead atoms. The van der Waals surface area contributed by atoms with Crippen LogP contribution >= 0.6 is 11.8 Å². The lowest BCUT2D eigenvalue weighted by Crippen LogP contribution is -2.40. The van der Waals surface area contributed by atoms with Crippen LogP contribution in [-0.2, 0) is 16.1 Å². The van der Waals surface area contributed by atoms with Gasteiger partial charge in [0.1, 0.15) is 5.03 Å². The molecule has 6 nitrogen and oxygen atoms in total. The van der Waals surface area contributed by atoms with E-state index in [-0.39, 0.29) is 5.91 Å². The first-order valence-corrected chi connectivity index (χ1v) is 10.9. The van der Waals surface area contributed by atoms with E-state index >= 15 is 0 Å². The molecule has 0 unspecified atom stereocenters. The standard InChI is InChI=1S/C21H26N4O2S/c26-20-16-28-21-19(6-3-10-23-21)25(20)12-4-11-24-13-7-18(8-14-24)27-15-17-5-1-2-9-22-17/h1-3,5-6,9-10,18H,4,7-8,11-16H2. The molecule has 4 heterocycles. The van der Waals surface area contributed by atoms with Crippen molar-refractivity contribution in [3.8, 4) is 0 Å². The second-order valence-electron chi connectivity index (χ2n) is 7.19. The third-order valence-corrected chi connectivity index (χ3v) is 6.24. The van der Waals surface area contributed by atoms with Gasteiger partial charge in [-0.05, 0) is 50.1 Å². The van der Waals surface area contributed by atoms with Gasteiger partial charge in [-0.15, -0.1) is 0 Å². The minimum Gasteiger partial charge on any atom is -0.372 e. The van der Waals surface area contributed by atoms with E-state index in [0.717, 1.165) is 61.8 Å². The van der Waals surface area contributed by atoms with Crippen LogP contribution in [0.3, 0.4) is 0 Å². The van der Waals surface area contributed by atoms with Crippen LogP contribution in [0.15, 0.2) is 47.8 Å². The third kappa shape index (κ3) is 4.90. The summed E-state index contributed by atoms with van der Waals surface area (Å²) in [5.41, 5.74) is 1.95. The lowest BCUT2D eigenvalue weighted by Gasteiger charge is -2.33. The molecule has 0 atom stereocenters. The average molecular weight is 399 g/mol. The summed E-state index contributed by atoms with van der Waals surface area (Å²) in [5.74, 6) is 0.676. The van der Waals surface area contributed by atoms with Crippen molar-refractivity contribution in [1.82, 2.24) is 14.9 Å². The Morgan fingerprint density at radius 1 is 1.07 bits per heavy atom. The average Bonchev–Trinajstić information content (AvgIpc) is 2.75. The number of piperidine rings is 1. The summed E-state index contributed by atoms with van der Waals surface area (Å²) >= 11 is 1.53. The molecule has 0 aromatic carbocycles. The van der Waals surface area contributed by atoms with E-state index in [4.69, 9.17) is 4.74 Å². The number of hydrogen-bond donors (Lipinski definition) is 0. The first-order chi connectivity index (χ1) is 13.8. The van der Waals surface area contributed by atoms with E-state index in [0.29, 0.717) is 18.5 Å². The minimum atomic E-state index is 0.187. The summed E-state index contributed by atoms with van der Waals surface area (Å²) in [5, 5.41) is 0.966. The summed E-state index contributed by atoms with van der Waals surface area (Å²) in [6.45, 7) is 4.46. The quantitative estimate of drug-likeness (QED) is 0.715. The number of carbonyl (C=O) groups excluding carboxylic acids is 1. The number of ether oxygens (including phenoxy) is 1. The molecule has 1 saturated heterocycles. The van der Waals surface area contributed by atoms with Crippen LogP contribution in [0.25, 0.3) is 0 Å². The molecule has 2 aromatic rings. The van der Waals surface area contributed by atoms with Gasteiger partial charge < -0.3 is 14.5 Å². The van der Waals surface area contributed by atoms with Crippen molar-refractivity contribution in [1.29, 1.82) is 0 Å². The summed E-state index contributed by atoms with van der Waals surface area (Å²) in [6.07, 6.45) is 7.00. The van der Waals surface area contributed by atoms with Crippen LogP contribution in [0.1, 0.15) is 25.0 Å². The van der Waals surface area contributed by atoms with Gasteiger partial charge in [0.2, 0.25) is 5.91 Å². The van der Waals surface area contributed by atoms with Crippen LogP contribution in [-0.4, -0.2) is 58.8 Å². The molecule has 148 valence electrons. The van der Waals surface area contributed by atoms with Crippen LogP contribution in [0.5, 0.6) is 0 Å². The Bertz CT molecular complexity index is 781. The summed E-state index contributed by atoms with van der Waals surface area (Å²) in [6, 6.07) is 9.82. The number of carbonyl (C=O) groups is 1. The molecule has 2 aliphatic rings. The number of nitrogens with zero attached hydrogens (tertiary/aromatic N) is 4. The van der Waals surface area contributed by atoms with Crippen LogP contribution in [0.2, 0.25) is 0 Å². The Morgan fingerprint density at radius 2 is 1.93 bits per heavy atom. The predicted octanol–water partition coefficient (Wildman–Crippen LogP) is 2.99. The maximum absolute atomic E-state index is 12.3. The molecule has 0 radical (unpaired) electrons. The fraction of sp³-hybridized carbons (Fsp3) is 0.476. The number of thioether (sulfide) groups is 1. The highest BCUT2D eigenvalue weighted by atomic mass is 32.2. The van der Waals surface area contributed by atoms with Crippen LogP contribution in [0.4, 0.5) is 5.69 Å². The maximum atomic E-state index is 12.3. The van der Waals surface area contributed by atoms with Gasteiger partial charge in [0.25, 0.3) is 0 Å². The van der Waals surface area contributed by atoms with Crippen molar-refractivity contribution in [3.63, 3.8) is 0 Å². The molecule has 2 aliphatic heterocycles. The van der Waals surface area contributed by atoms with E-state index < -0.39 is 0 Å². The van der Waals surface area contributed by atoms with E-state index in [9.17, 15) is 4.79 Å². The lowest BCUT2D eigenvalue weighted by atomic mass is 10.1. The third-order valence-electron chi connectivity index (χ3n) is 5.26. The molecule has 0 N–H and O–H groups in total. The maximum Gasteiger partial charge on any atom is 0.237 e. The smallest absolute Gasteiger partial charge is 0.237 e. The molecule has 1 fully saturated rings. The number of fused-ring (bicyclic) bond motifs is 1. The predicted molar refractivity (Wildman–Crippen MR) is 110 cm³/mol. The van der Waals surface area contributed by atoms with E-state index in [1.54, 1.807) is 6.20 Å². The number of aromatic nitrogens is 2. The van der Waals surface area contributed by atoms with Crippen molar-refractivity contribution >= 4 is 23.4 Å². The number of rotatable bonds is 7. The highest BCUT2D eigenvalue weighted by Crippen LogP contribution is 2.33. The zero-order valence-electron chi connectivity index (χ0n) is 16.0. The van der Waals surface area contributed by atoms with Crippen molar-refractivity contribution in [2.24, 2.45) is 0 Å². The van der Waals surface area contributed by atoms with Crippen LogP contribution in [0, 0.1) is 0 Å². The molecular formula is C21H26N4O2S. The normalized spacial score (nSPS) is 18.3. The summed E-state index contributed by atoms with van der Waals surface area (Å²) in [7, 11) is 0. The first-order valence-electron chi connectivity index (χ1n) is 9.91. The van der Waals surface area contributed by atoms with Gasteiger partial charge in [-0.1, -0.05) is 17.8 Å². The van der Waals surface area contributed by atoms with Crippen molar-refractivity contribution < 1.29 is 9.53 Å². The van der Waals surface area contributed by atoms with Gasteiger partial charge in [-0.25, -0.2) is 4.98 Å². The van der Waals surface area contributed by atoms with Gasteiger partial charge in [0, 0.05) is 32.0 Å². The second kappa shape index (κ2) is 9.49. The van der Waals surface area contributed by atoms with Gasteiger partial charge in [-0.3, -0.25) is 9.78 Å². The summed E-state index contributed by atoms with van der Waals surface area (Å²) < 4.78 is 6.02. The SMILES string of the molecule is O=C1CSc2ncccc2N1CCCN1CCC(OCc2ccccn2)CC1. The molecule has 0 saturated carbocycles. The monoisotopic (exact) mass is 398 g/mol. The van der Waals surface area contributed by atoms with Gasteiger partial charge in [0.05, 0.1) is 29.8 Å². The molecule has 4 rings (SSSR count). The van der Waals surface area contributed by atoms with Crippen molar-refractivity contribution in [2.75, 3.05) is 36.8 Å². The molecule has 1 amide bonds. The Labute approximate surface area is 170 Å². The Kier molecular flexibility index (Phi) is 6.57. The lowest BCUT2D eigenvalue weighted by molar-refractivity contribution is -0.116. The number of pyridine rings is 2. The topological polar surface area (TPSA) is 58.6 Å². The highest BCUT2D eigenvalue weighted by Gasteiger charge is 2.25. The molecule has 0 aliphatic carbocycles.